The first kappa shape index (κ1) is 40.1. The Hall–Kier alpha value is -2.35. The summed E-state index contributed by atoms with van der Waals surface area (Å²) in [5, 5.41) is 0. The van der Waals surface area contributed by atoms with Crippen LogP contribution in [-0.2, 0) is 18.4 Å². The largest absolute Gasteiger partial charge is 0.335 e. The summed E-state index contributed by atoms with van der Waals surface area (Å²) in [6.07, 6.45) is 38.6. The molecule has 0 saturated heterocycles. The summed E-state index contributed by atoms with van der Waals surface area (Å²) in [5.41, 5.74) is 2.84. The third-order valence-electron chi connectivity index (χ3n) is 11.0. The van der Waals surface area contributed by atoms with Gasteiger partial charge in [0.25, 0.3) is 0 Å². The molecule has 0 amide bonds. The predicted octanol–water partition coefficient (Wildman–Crippen LogP) is 14.6. The van der Waals surface area contributed by atoms with Crippen LogP contribution in [0.3, 0.4) is 0 Å². The third-order valence-corrected chi connectivity index (χ3v) is 11.0. The van der Waals surface area contributed by atoms with Gasteiger partial charge in [0.05, 0.1) is 0 Å². The van der Waals surface area contributed by atoms with Crippen LogP contribution in [0.25, 0.3) is 0 Å². The van der Waals surface area contributed by atoms with E-state index in [-0.39, 0.29) is 5.41 Å². The molecule has 2 atom stereocenters. The Balaban J connectivity index is 1.51. The zero-order valence-corrected chi connectivity index (χ0v) is 31.8. The molecule has 3 rings (SSSR count). The molecule has 0 N–H and O–H groups in total. The number of unbranched alkanes of at least 4 members (excludes halogenated alkanes) is 21. The van der Waals surface area contributed by atoms with Gasteiger partial charge in [0.1, 0.15) is 5.82 Å². The van der Waals surface area contributed by atoms with Crippen LogP contribution >= 0.6 is 0 Å². The molecule has 1 heterocycles. The highest BCUT2D eigenvalue weighted by atomic mass is 15.1. The maximum atomic E-state index is 5.14. The molecule has 0 aliphatic heterocycles. The number of nitrogens with zero attached hydrogens (tertiary/aromatic N) is 2. The summed E-state index contributed by atoms with van der Waals surface area (Å²) in [7, 11) is 0. The minimum absolute atomic E-state index is 0.0252. The summed E-state index contributed by atoms with van der Waals surface area (Å²) in [5.74, 6) is 1.69. The van der Waals surface area contributed by atoms with Crippen LogP contribution in [-0.4, -0.2) is 9.55 Å². The minimum atomic E-state index is -0.0252. The highest BCUT2D eigenvalue weighted by molar-refractivity contribution is 5.33. The second kappa shape index (κ2) is 25.6. The highest BCUT2D eigenvalue weighted by Gasteiger charge is 2.39. The number of benzene rings is 2. The Morgan fingerprint density at radius 2 is 0.979 bits per heavy atom. The molecular weight excluding hydrogens is 581 g/mol. The fourth-order valence-electron chi connectivity index (χ4n) is 7.95. The summed E-state index contributed by atoms with van der Waals surface area (Å²) in [4.78, 5) is 5.14. The molecule has 0 radical (unpaired) electrons. The molecule has 1 aromatic heterocycles. The van der Waals surface area contributed by atoms with Crippen LogP contribution < -0.4 is 0 Å². The second-order valence-electron chi connectivity index (χ2n) is 15.2. The molecule has 0 spiro atoms. The van der Waals surface area contributed by atoms with E-state index in [9.17, 15) is 0 Å². The van der Waals surface area contributed by atoms with E-state index in [4.69, 9.17) is 4.98 Å². The lowest BCUT2D eigenvalue weighted by Crippen LogP contribution is -2.35. The Morgan fingerprint density at radius 1 is 0.542 bits per heavy atom. The average Bonchev–Trinajstić information content (AvgIpc) is 3.58. The zero-order chi connectivity index (χ0) is 34.0. The number of imidazole rings is 1. The molecule has 268 valence electrons. The minimum Gasteiger partial charge on any atom is -0.335 e. The molecule has 2 unspecified atom stereocenters. The molecule has 0 bridgehead atoms. The molecule has 3 aromatic rings. The molecule has 0 aliphatic carbocycles. The Labute approximate surface area is 297 Å². The topological polar surface area (TPSA) is 17.8 Å². The van der Waals surface area contributed by atoms with Crippen molar-refractivity contribution < 1.29 is 0 Å². The molecule has 0 fully saturated rings. The van der Waals surface area contributed by atoms with Crippen molar-refractivity contribution in [1.82, 2.24) is 9.55 Å². The lowest BCUT2D eigenvalue weighted by molar-refractivity contribution is 0.321. The Bertz CT molecular complexity index is 1140. The predicted molar refractivity (Wildman–Crippen MR) is 211 cm³/mol. The molecule has 2 aromatic carbocycles. The summed E-state index contributed by atoms with van der Waals surface area (Å²) >= 11 is 0. The van der Waals surface area contributed by atoms with Crippen LogP contribution in [0.1, 0.15) is 198 Å². The van der Waals surface area contributed by atoms with Gasteiger partial charge in [-0.25, -0.2) is 4.98 Å². The van der Waals surface area contributed by atoms with E-state index in [1.807, 2.05) is 0 Å². The van der Waals surface area contributed by atoms with E-state index in [0.29, 0.717) is 5.92 Å². The van der Waals surface area contributed by atoms with Gasteiger partial charge < -0.3 is 4.57 Å². The van der Waals surface area contributed by atoms with Gasteiger partial charge in [-0.1, -0.05) is 223 Å². The smallest absolute Gasteiger partial charge is 0.112 e. The number of hydrogen-bond donors (Lipinski definition) is 0. The van der Waals surface area contributed by atoms with Crippen molar-refractivity contribution in [2.24, 2.45) is 0 Å². The Morgan fingerprint density at radius 3 is 1.48 bits per heavy atom. The first-order valence-electron chi connectivity index (χ1n) is 20.8. The normalized spacial score (nSPS) is 13.5. The van der Waals surface area contributed by atoms with Gasteiger partial charge in [-0.2, -0.15) is 0 Å². The van der Waals surface area contributed by atoms with Crippen LogP contribution in [0.2, 0.25) is 0 Å². The standard InChI is InChI=1S/C46H74N2/c1-4-6-8-10-12-13-14-15-16-17-18-19-20-22-24-32-39-48-40-38-47-45(48)44(37-31-23-21-11-9-7-5-2)46(3,43-35-29-26-30-36-43)41-42-33-27-25-28-34-42/h25-30,33-36,38,40,44H,4-24,31-32,37,39,41H2,1-3H3. The number of aromatic nitrogens is 2. The van der Waals surface area contributed by atoms with Crippen molar-refractivity contribution in [3.8, 4) is 0 Å². The van der Waals surface area contributed by atoms with E-state index in [1.54, 1.807) is 0 Å². The van der Waals surface area contributed by atoms with E-state index >= 15 is 0 Å². The number of aryl methyl sites for hydroxylation is 1. The van der Waals surface area contributed by atoms with E-state index in [1.165, 1.54) is 171 Å². The second-order valence-corrected chi connectivity index (χ2v) is 15.2. The van der Waals surface area contributed by atoms with Crippen molar-refractivity contribution in [2.45, 2.75) is 199 Å². The van der Waals surface area contributed by atoms with Crippen LogP contribution in [0.5, 0.6) is 0 Å². The summed E-state index contributed by atoms with van der Waals surface area (Å²) in [6.45, 7) is 8.23. The fraction of sp³-hybridized carbons (Fsp3) is 0.674. The number of rotatable bonds is 30. The Kier molecular flexibility index (Phi) is 21.4. The van der Waals surface area contributed by atoms with Gasteiger partial charge in [-0.15, -0.1) is 0 Å². The van der Waals surface area contributed by atoms with Gasteiger partial charge in [-0.3, -0.25) is 0 Å². The fourth-order valence-corrected chi connectivity index (χ4v) is 7.95. The van der Waals surface area contributed by atoms with Crippen molar-refractivity contribution in [1.29, 1.82) is 0 Å². The molecule has 0 aliphatic rings. The van der Waals surface area contributed by atoms with Gasteiger partial charge >= 0.3 is 0 Å². The average molecular weight is 655 g/mol. The molecule has 2 nitrogen and oxygen atoms in total. The van der Waals surface area contributed by atoms with Crippen LogP contribution in [0, 0.1) is 0 Å². The van der Waals surface area contributed by atoms with Crippen molar-refractivity contribution in [2.75, 3.05) is 0 Å². The van der Waals surface area contributed by atoms with E-state index in [2.05, 4.69) is 98.4 Å². The van der Waals surface area contributed by atoms with Crippen LogP contribution in [0.15, 0.2) is 73.1 Å². The van der Waals surface area contributed by atoms with E-state index < -0.39 is 0 Å². The monoisotopic (exact) mass is 655 g/mol. The first-order valence-corrected chi connectivity index (χ1v) is 20.8. The van der Waals surface area contributed by atoms with Gasteiger partial charge in [-0.05, 0) is 30.4 Å². The van der Waals surface area contributed by atoms with Gasteiger partial charge in [0, 0.05) is 30.3 Å². The zero-order valence-electron chi connectivity index (χ0n) is 31.8. The quantitative estimate of drug-likeness (QED) is 0.0654. The molecule has 48 heavy (non-hydrogen) atoms. The van der Waals surface area contributed by atoms with Gasteiger partial charge in [0.15, 0.2) is 0 Å². The first-order chi connectivity index (χ1) is 23.7. The molecule has 0 saturated carbocycles. The molecule has 2 heteroatoms. The number of hydrogen-bond acceptors (Lipinski definition) is 1. The maximum Gasteiger partial charge on any atom is 0.112 e. The molecular formula is C46H74N2. The third kappa shape index (κ3) is 15.5. The van der Waals surface area contributed by atoms with Crippen molar-refractivity contribution in [3.05, 3.63) is 90.0 Å². The van der Waals surface area contributed by atoms with Crippen LogP contribution in [0.4, 0.5) is 0 Å². The van der Waals surface area contributed by atoms with E-state index in [0.717, 1.165) is 13.0 Å². The highest BCUT2D eigenvalue weighted by Crippen LogP contribution is 2.44. The maximum absolute atomic E-state index is 5.14. The van der Waals surface area contributed by atoms with Crippen molar-refractivity contribution >= 4 is 0 Å². The van der Waals surface area contributed by atoms with Gasteiger partial charge in [0.2, 0.25) is 0 Å². The summed E-state index contributed by atoms with van der Waals surface area (Å²) < 4.78 is 2.53. The summed E-state index contributed by atoms with van der Waals surface area (Å²) in [6, 6.07) is 22.5. The lowest BCUT2D eigenvalue weighted by atomic mass is 9.66. The SMILES string of the molecule is CCCCCCCCCCCCCCCCCCn1ccnc1C(CCCCCCCCC)C(C)(Cc1ccccc1)c1ccccc1. The lowest BCUT2D eigenvalue weighted by Gasteiger charge is -2.39. The van der Waals surface area contributed by atoms with Crippen molar-refractivity contribution in [3.63, 3.8) is 0 Å².